The smallest absolute Gasteiger partial charge is 0.320 e. The maximum Gasteiger partial charge on any atom is 0.320 e. The van der Waals surface area contributed by atoms with Crippen molar-refractivity contribution in [3.63, 3.8) is 0 Å². The highest BCUT2D eigenvalue weighted by Crippen LogP contribution is 2.21. The molecule has 1 unspecified atom stereocenters. The van der Waals surface area contributed by atoms with Gasteiger partial charge in [-0.05, 0) is 30.5 Å². The molecule has 0 radical (unpaired) electrons. The number of benzene rings is 2. The molecule has 2 aromatic rings. The molecule has 0 bridgehead atoms. The van der Waals surface area contributed by atoms with Crippen molar-refractivity contribution in [1.29, 1.82) is 0 Å². The lowest BCUT2D eigenvalue weighted by Gasteiger charge is -2.20. The van der Waals surface area contributed by atoms with Crippen molar-refractivity contribution in [3.8, 4) is 0 Å². The van der Waals surface area contributed by atoms with Gasteiger partial charge >= 0.3 is 5.97 Å². The minimum Gasteiger partial charge on any atom is -0.457 e. The maximum absolute atomic E-state index is 12.3. The third-order valence-corrected chi connectivity index (χ3v) is 3.98. The highest BCUT2D eigenvalue weighted by molar-refractivity contribution is 5.72. The van der Waals surface area contributed by atoms with E-state index in [1.807, 2.05) is 55.5 Å². The second-order valence-corrected chi connectivity index (χ2v) is 5.98. The number of rotatable bonds is 9. The fourth-order valence-electron chi connectivity index (χ4n) is 2.81. The van der Waals surface area contributed by atoms with Crippen LogP contribution in [0, 0.1) is 0 Å². The summed E-state index contributed by atoms with van der Waals surface area (Å²) < 4.78 is 5.57. The van der Waals surface area contributed by atoms with E-state index in [2.05, 4.69) is 36.5 Å². The highest BCUT2D eigenvalue weighted by Gasteiger charge is 2.16. The molecule has 132 valence electrons. The molecule has 0 amide bonds. The van der Waals surface area contributed by atoms with Crippen LogP contribution in [0.2, 0.25) is 0 Å². The molecule has 25 heavy (non-hydrogen) atoms. The Morgan fingerprint density at radius 3 is 2.08 bits per heavy atom. The number of nitrogens with one attached hydrogen (secondary N) is 1. The van der Waals surface area contributed by atoms with E-state index in [0.29, 0.717) is 0 Å². The predicted octanol–water partition coefficient (Wildman–Crippen LogP) is 4.65. The summed E-state index contributed by atoms with van der Waals surface area (Å²) in [6, 6.07) is 20.2. The summed E-state index contributed by atoms with van der Waals surface area (Å²) in [4.78, 5) is 12.3. The van der Waals surface area contributed by atoms with Gasteiger partial charge in [-0.25, -0.2) is 0 Å². The van der Waals surface area contributed by atoms with Crippen molar-refractivity contribution >= 4 is 5.97 Å². The zero-order chi connectivity index (χ0) is 17.9. The largest absolute Gasteiger partial charge is 0.457 e. The summed E-state index contributed by atoms with van der Waals surface area (Å²) in [6.45, 7) is 4.20. The lowest BCUT2D eigenvalue weighted by Crippen LogP contribution is -2.31. The summed E-state index contributed by atoms with van der Waals surface area (Å²) in [5.41, 5.74) is 2.25. The molecule has 0 heterocycles. The summed E-state index contributed by atoms with van der Waals surface area (Å²) in [5.74, 6) is -0.228. The minimum absolute atomic E-state index is 0.0405. The molecule has 3 heteroatoms. The third-order valence-electron chi connectivity index (χ3n) is 3.98. The van der Waals surface area contributed by atoms with E-state index < -0.39 is 0 Å². The molecular formula is C22H27NO2. The Morgan fingerprint density at radius 1 is 1.04 bits per heavy atom. The van der Waals surface area contributed by atoms with E-state index in [4.69, 9.17) is 4.74 Å². The van der Waals surface area contributed by atoms with Crippen LogP contribution < -0.4 is 5.32 Å². The molecule has 2 aromatic carbocycles. The summed E-state index contributed by atoms with van der Waals surface area (Å²) in [5, 5.41) is 3.34. The molecule has 0 aromatic heterocycles. The van der Waals surface area contributed by atoms with E-state index >= 15 is 0 Å². The van der Waals surface area contributed by atoms with Crippen LogP contribution in [0.25, 0.3) is 0 Å². The molecule has 3 nitrogen and oxygen atoms in total. The van der Waals surface area contributed by atoms with Gasteiger partial charge in [-0.1, -0.05) is 80.1 Å². The molecule has 0 aliphatic carbocycles. The van der Waals surface area contributed by atoms with Gasteiger partial charge < -0.3 is 4.74 Å². The van der Waals surface area contributed by atoms with Gasteiger partial charge in [0.2, 0.25) is 0 Å². The fraction of sp³-hybridized carbons (Fsp3) is 0.318. The van der Waals surface area contributed by atoms with E-state index in [-0.39, 0.29) is 24.7 Å². The minimum atomic E-state index is -0.228. The van der Waals surface area contributed by atoms with E-state index in [1.54, 1.807) is 0 Å². The molecule has 0 aliphatic rings. The van der Waals surface area contributed by atoms with Crippen molar-refractivity contribution < 1.29 is 9.53 Å². The van der Waals surface area contributed by atoms with Crippen LogP contribution in [0.5, 0.6) is 0 Å². The third kappa shape index (κ3) is 6.20. The molecule has 0 saturated heterocycles. The molecule has 0 aliphatic heterocycles. The average molecular weight is 337 g/mol. The van der Waals surface area contributed by atoms with E-state index in [1.165, 1.54) is 0 Å². The molecule has 0 spiro atoms. The molecular weight excluding hydrogens is 310 g/mol. The first-order chi connectivity index (χ1) is 12.2. The van der Waals surface area contributed by atoms with Crippen molar-refractivity contribution in [3.05, 3.63) is 83.9 Å². The van der Waals surface area contributed by atoms with Crippen molar-refractivity contribution in [2.75, 3.05) is 6.54 Å². The topological polar surface area (TPSA) is 38.3 Å². The van der Waals surface area contributed by atoms with E-state index in [9.17, 15) is 4.79 Å². The van der Waals surface area contributed by atoms with Gasteiger partial charge in [-0.15, -0.1) is 0 Å². The summed E-state index contributed by atoms with van der Waals surface area (Å²) >= 11 is 0. The quantitative estimate of drug-likeness (QED) is 0.534. The van der Waals surface area contributed by atoms with Crippen molar-refractivity contribution in [2.45, 2.75) is 38.8 Å². The lowest BCUT2D eigenvalue weighted by molar-refractivity contribution is -0.146. The van der Waals surface area contributed by atoms with Gasteiger partial charge in [0.1, 0.15) is 6.10 Å². The zero-order valence-electron chi connectivity index (χ0n) is 15.0. The van der Waals surface area contributed by atoms with Crippen LogP contribution in [-0.4, -0.2) is 18.6 Å². The Morgan fingerprint density at radius 2 is 1.60 bits per heavy atom. The first kappa shape index (κ1) is 18.9. The van der Waals surface area contributed by atoms with Gasteiger partial charge in [0, 0.05) is 0 Å². The Bertz CT molecular complexity index is 613. The number of ether oxygens (including phenoxy) is 1. The van der Waals surface area contributed by atoms with Crippen LogP contribution in [-0.2, 0) is 9.53 Å². The second kappa shape index (κ2) is 10.5. The van der Waals surface area contributed by atoms with Crippen LogP contribution in [0.15, 0.2) is 72.8 Å². The van der Waals surface area contributed by atoms with Crippen LogP contribution in [0.1, 0.15) is 43.9 Å². The standard InChI is InChI=1S/C22H27NO2/c1-3-11-20(12-4-2)25-21(24)17-23-22(18-13-7-5-8-14-18)19-15-9-6-10-16-19/h3,5-11,13-16,20,22-23H,4,12,17H2,1-2H3. The monoisotopic (exact) mass is 337 g/mol. The van der Waals surface area contributed by atoms with Gasteiger partial charge in [0.05, 0.1) is 12.6 Å². The summed E-state index contributed by atoms with van der Waals surface area (Å²) in [6.07, 6.45) is 5.55. The molecule has 1 N–H and O–H groups in total. The maximum atomic E-state index is 12.3. The molecule has 1 atom stereocenters. The lowest BCUT2D eigenvalue weighted by atomic mass is 9.99. The number of esters is 1. The normalized spacial score (nSPS) is 12.4. The predicted molar refractivity (Wildman–Crippen MR) is 102 cm³/mol. The molecule has 0 fully saturated rings. The average Bonchev–Trinajstić information content (AvgIpc) is 2.64. The van der Waals surface area contributed by atoms with E-state index in [0.717, 1.165) is 24.0 Å². The number of hydrogen-bond acceptors (Lipinski definition) is 3. The van der Waals surface area contributed by atoms with Gasteiger partial charge in [0.25, 0.3) is 0 Å². The zero-order valence-corrected chi connectivity index (χ0v) is 15.0. The number of carbonyl (C=O) groups excluding carboxylic acids is 1. The highest BCUT2D eigenvalue weighted by atomic mass is 16.5. The van der Waals surface area contributed by atoms with Crippen LogP contribution in [0.3, 0.4) is 0 Å². The van der Waals surface area contributed by atoms with Crippen molar-refractivity contribution in [1.82, 2.24) is 5.32 Å². The SMILES string of the molecule is CC=CC(CCC)OC(=O)CNC(c1ccccc1)c1ccccc1. The van der Waals surface area contributed by atoms with Crippen LogP contribution >= 0.6 is 0 Å². The van der Waals surface area contributed by atoms with Crippen LogP contribution in [0.4, 0.5) is 0 Å². The number of carbonyl (C=O) groups is 1. The van der Waals surface area contributed by atoms with Gasteiger partial charge in [-0.2, -0.15) is 0 Å². The number of allylic oxidation sites excluding steroid dienone is 1. The fourth-order valence-corrected chi connectivity index (χ4v) is 2.81. The van der Waals surface area contributed by atoms with Gasteiger partial charge in [-0.3, -0.25) is 10.1 Å². The first-order valence-electron chi connectivity index (χ1n) is 8.90. The molecule has 0 saturated carbocycles. The molecule has 2 rings (SSSR count). The van der Waals surface area contributed by atoms with Crippen molar-refractivity contribution in [2.24, 2.45) is 0 Å². The number of hydrogen-bond donors (Lipinski definition) is 1. The van der Waals surface area contributed by atoms with Gasteiger partial charge in [0.15, 0.2) is 0 Å². The Balaban J connectivity index is 2.04. The first-order valence-corrected chi connectivity index (χ1v) is 8.90. The summed E-state index contributed by atoms with van der Waals surface area (Å²) in [7, 11) is 0. The Hall–Kier alpha value is -2.39. The Labute approximate surface area is 150 Å². The Kier molecular flexibility index (Phi) is 7.93. The second-order valence-electron chi connectivity index (χ2n) is 5.98.